The van der Waals surface area contributed by atoms with Gasteiger partial charge in [0, 0.05) is 25.8 Å². The molecule has 0 spiro atoms. The lowest BCUT2D eigenvalue weighted by atomic mass is 9.94. The molecule has 1 saturated heterocycles. The summed E-state index contributed by atoms with van der Waals surface area (Å²) < 4.78 is 0. The van der Waals surface area contributed by atoms with Crippen LogP contribution in [0.4, 0.5) is 11.4 Å². The minimum Gasteiger partial charge on any atom is -0.396 e. The van der Waals surface area contributed by atoms with Gasteiger partial charge >= 0.3 is 0 Å². The molecule has 6 heteroatoms. The summed E-state index contributed by atoms with van der Waals surface area (Å²) in [4.78, 5) is 12.7. The summed E-state index contributed by atoms with van der Waals surface area (Å²) in [6.45, 7) is 1.63. The second-order valence-electron chi connectivity index (χ2n) is 5.04. The Balaban J connectivity index is 2.27. The molecule has 1 aromatic carbocycles. The lowest BCUT2D eigenvalue weighted by molar-refractivity contribution is -0.384. The fourth-order valence-corrected chi connectivity index (χ4v) is 2.71. The first-order valence-electron chi connectivity index (χ1n) is 6.70. The number of aliphatic hydroxyl groups excluding tert-OH is 1. The van der Waals surface area contributed by atoms with Crippen LogP contribution in [0, 0.1) is 27.4 Å². The van der Waals surface area contributed by atoms with Crippen molar-refractivity contribution in [3.05, 3.63) is 33.9 Å². The maximum atomic E-state index is 11.2. The highest BCUT2D eigenvalue weighted by molar-refractivity contribution is 5.65. The first-order valence-corrected chi connectivity index (χ1v) is 6.70. The predicted octanol–water partition coefficient (Wildman–Crippen LogP) is 2.07. The Morgan fingerprint density at radius 1 is 1.55 bits per heavy atom. The number of hydrogen-bond acceptors (Lipinski definition) is 5. The van der Waals surface area contributed by atoms with Gasteiger partial charge in [0.25, 0.3) is 5.69 Å². The third-order valence-corrected chi connectivity index (χ3v) is 3.70. The highest BCUT2D eigenvalue weighted by atomic mass is 16.6. The van der Waals surface area contributed by atoms with Crippen molar-refractivity contribution in [3.63, 3.8) is 0 Å². The van der Waals surface area contributed by atoms with Gasteiger partial charge < -0.3 is 10.0 Å². The van der Waals surface area contributed by atoms with Gasteiger partial charge in [-0.3, -0.25) is 10.1 Å². The molecule has 0 radical (unpaired) electrons. The molecule has 0 bridgehead atoms. The Morgan fingerprint density at radius 2 is 2.35 bits per heavy atom. The van der Waals surface area contributed by atoms with Crippen LogP contribution >= 0.6 is 0 Å². The van der Waals surface area contributed by atoms with Gasteiger partial charge in [0.2, 0.25) is 0 Å². The molecular weight excluding hydrogens is 258 g/mol. The second kappa shape index (κ2) is 6.35. The van der Waals surface area contributed by atoms with Gasteiger partial charge in [-0.15, -0.1) is 0 Å². The summed E-state index contributed by atoms with van der Waals surface area (Å²) in [5.74, 6) is 0.365. The van der Waals surface area contributed by atoms with Crippen LogP contribution in [-0.4, -0.2) is 29.7 Å². The summed E-state index contributed by atoms with van der Waals surface area (Å²) in [5.41, 5.74) is 0.842. The van der Waals surface area contributed by atoms with Crippen LogP contribution in [0.2, 0.25) is 0 Å². The molecule has 1 aliphatic heterocycles. The molecule has 6 nitrogen and oxygen atoms in total. The first kappa shape index (κ1) is 14.3. The minimum atomic E-state index is -0.439. The fraction of sp³-hybridized carbons (Fsp3) is 0.500. The Kier molecular flexibility index (Phi) is 4.53. The molecular formula is C14H17N3O3. The first-order chi connectivity index (χ1) is 9.65. The molecule has 1 aliphatic rings. The van der Waals surface area contributed by atoms with Crippen molar-refractivity contribution in [1.29, 1.82) is 5.26 Å². The molecule has 1 aromatic rings. The lowest BCUT2D eigenvalue weighted by Crippen LogP contribution is -2.36. The monoisotopic (exact) mass is 275 g/mol. The van der Waals surface area contributed by atoms with Gasteiger partial charge in [0.1, 0.15) is 5.69 Å². The molecule has 0 amide bonds. The van der Waals surface area contributed by atoms with Crippen LogP contribution in [0.25, 0.3) is 0 Å². The van der Waals surface area contributed by atoms with E-state index in [0.717, 1.165) is 25.8 Å². The average molecular weight is 275 g/mol. The van der Waals surface area contributed by atoms with Crippen LogP contribution in [0.3, 0.4) is 0 Å². The number of nitrogens with zero attached hydrogens (tertiary/aromatic N) is 3. The Bertz CT molecular complexity index is 537. The summed E-state index contributed by atoms with van der Waals surface area (Å²) in [5, 5.41) is 29.0. The van der Waals surface area contributed by atoms with E-state index in [1.165, 1.54) is 6.07 Å². The largest absolute Gasteiger partial charge is 0.396 e. The number of nitro groups is 1. The van der Waals surface area contributed by atoms with Crippen LogP contribution < -0.4 is 4.90 Å². The predicted molar refractivity (Wildman–Crippen MR) is 74.5 cm³/mol. The summed E-state index contributed by atoms with van der Waals surface area (Å²) >= 11 is 0. The summed E-state index contributed by atoms with van der Waals surface area (Å²) in [6, 6.07) is 6.51. The van der Waals surface area contributed by atoms with Crippen LogP contribution in [0.5, 0.6) is 0 Å². The molecule has 2 rings (SSSR count). The summed E-state index contributed by atoms with van der Waals surface area (Å²) in [6.07, 6.45) is 2.73. The zero-order valence-electron chi connectivity index (χ0n) is 11.2. The number of piperidine rings is 1. The molecule has 1 heterocycles. The Hall–Kier alpha value is -2.13. The number of anilines is 1. The number of aliphatic hydroxyl groups is 1. The van der Waals surface area contributed by atoms with Crippen LogP contribution in [-0.2, 0) is 0 Å². The maximum absolute atomic E-state index is 11.2. The standard InChI is InChI=1S/C14H17N3O3/c15-9-12-3-4-13(14(8-12)17(19)20)16-6-1-2-11(10-16)5-7-18/h3-4,8,11,18H,1-2,5-7,10H2. The van der Waals surface area contributed by atoms with Crippen molar-refractivity contribution in [1.82, 2.24) is 0 Å². The van der Waals surface area contributed by atoms with Gasteiger partial charge in [0.05, 0.1) is 16.6 Å². The zero-order chi connectivity index (χ0) is 14.5. The van der Waals surface area contributed by atoms with E-state index in [9.17, 15) is 10.1 Å². The molecule has 20 heavy (non-hydrogen) atoms. The molecule has 1 fully saturated rings. The Labute approximate surface area is 117 Å². The van der Waals surface area contributed by atoms with Gasteiger partial charge in [-0.25, -0.2) is 0 Å². The highest BCUT2D eigenvalue weighted by Gasteiger charge is 2.25. The molecule has 1 unspecified atom stereocenters. The van der Waals surface area contributed by atoms with E-state index in [0.29, 0.717) is 23.7 Å². The highest BCUT2D eigenvalue weighted by Crippen LogP contribution is 2.32. The molecule has 0 aliphatic carbocycles. The number of nitriles is 1. The van der Waals surface area contributed by atoms with Crippen molar-refractivity contribution in [2.75, 3.05) is 24.6 Å². The molecule has 0 saturated carbocycles. The number of nitro benzene ring substituents is 1. The van der Waals surface area contributed by atoms with Crippen molar-refractivity contribution >= 4 is 11.4 Å². The van der Waals surface area contributed by atoms with E-state index in [-0.39, 0.29) is 12.3 Å². The van der Waals surface area contributed by atoms with E-state index in [2.05, 4.69) is 0 Å². The third kappa shape index (κ3) is 3.06. The van der Waals surface area contributed by atoms with E-state index in [4.69, 9.17) is 10.4 Å². The average Bonchev–Trinajstić information content (AvgIpc) is 2.47. The fourth-order valence-electron chi connectivity index (χ4n) is 2.71. The lowest BCUT2D eigenvalue weighted by Gasteiger charge is -2.33. The summed E-state index contributed by atoms with van der Waals surface area (Å²) in [7, 11) is 0. The number of hydrogen-bond donors (Lipinski definition) is 1. The third-order valence-electron chi connectivity index (χ3n) is 3.70. The normalized spacial score (nSPS) is 18.6. The van der Waals surface area contributed by atoms with E-state index in [1.807, 2.05) is 11.0 Å². The maximum Gasteiger partial charge on any atom is 0.293 e. The van der Waals surface area contributed by atoms with Crippen molar-refractivity contribution in [2.45, 2.75) is 19.3 Å². The van der Waals surface area contributed by atoms with Gasteiger partial charge in [-0.05, 0) is 37.3 Å². The van der Waals surface area contributed by atoms with Crippen molar-refractivity contribution in [3.8, 4) is 6.07 Å². The van der Waals surface area contributed by atoms with Crippen LogP contribution in [0.15, 0.2) is 18.2 Å². The van der Waals surface area contributed by atoms with Gasteiger partial charge in [0.15, 0.2) is 0 Å². The molecule has 0 aromatic heterocycles. The second-order valence-corrected chi connectivity index (χ2v) is 5.04. The molecule has 1 N–H and O–H groups in total. The smallest absolute Gasteiger partial charge is 0.293 e. The molecule has 1 atom stereocenters. The topological polar surface area (TPSA) is 90.4 Å². The quantitative estimate of drug-likeness (QED) is 0.671. The van der Waals surface area contributed by atoms with Crippen molar-refractivity contribution in [2.24, 2.45) is 5.92 Å². The van der Waals surface area contributed by atoms with E-state index in [1.54, 1.807) is 12.1 Å². The van der Waals surface area contributed by atoms with Gasteiger partial charge in [-0.1, -0.05) is 0 Å². The van der Waals surface area contributed by atoms with Gasteiger partial charge in [-0.2, -0.15) is 5.26 Å². The van der Waals surface area contributed by atoms with Crippen molar-refractivity contribution < 1.29 is 10.0 Å². The number of rotatable bonds is 4. The molecule has 106 valence electrons. The minimum absolute atomic E-state index is 0.0197. The Morgan fingerprint density at radius 3 is 3.00 bits per heavy atom. The zero-order valence-corrected chi connectivity index (χ0v) is 11.2. The van der Waals surface area contributed by atoms with E-state index < -0.39 is 4.92 Å². The number of benzene rings is 1. The van der Waals surface area contributed by atoms with Crippen LogP contribution in [0.1, 0.15) is 24.8 Å². The SMILES string of the molecule is N#Cc1ccc(N2CCCC(CCO)C2)c([N+](=O)[O-])c1. The van der Waals surface area contributed by atoms with E-state index >= 15 is 0 Å².